The number of amides is 2. The quantitative estimate of drug-likeness (QED) is 0.596. The van der Waals surface area contributed by atoms with Crippen molar-refractivity contribution in [2.45, 2.75) is 6.04 Å². The molecule has 0 unspecified atom stereocenters. The SMILES string of the molecule is NC(=O)c1ccsc1NC(=O)CN[C@@H](c1ccccc1)c1cccs1. The zero-order chi connectivity index (χ0) is 17.6. The predicted octanol–water partition coefficient (Wildman–Crippen LogP) is 3.23. The topological polar surface area (TPSA) is 84.2 Å². The number of carbonyl (C=O) groups excluding carboxylic acids is 2. The lowest BCUT2D eigenvalue weighted by Crippen LogP contribution is -2.31. The van der Waals surface area contributed by atoms with Crippen LogP contribution in [0.3, 0.4) is 0 Å². The summed E-state index contributed by atoms with van der Waals surface area (Å²) in [5.41, 5.74) is 6.72. The van der Waals surface area contributed by atoms with Crippen LogP contribution in [-0.2, 0) is 4.79 Å². The molecule has 0 saturated carbocycles. The summed E-state index contributed by atoms with van der Waals surface area (Å²) in [4.78, 5) is 24.7. The first-order valence-electron chi connectivity index (χ1n) is 7.64. The van der Waals surface area contributed by atoms with Gasteiger partial charge in [0, 0.05) is 4.88 Å². The van der Waals surface area contributed by atoms with Crippen molar-refractivity contribution in [3.63, 3.8) is 0 Å². The van der Waals surface area contributed by atoms with Crippen molar-refractivity contribution >= 4 is 39.5 Å². The molecule has 5 nitrogen and oxygen atoms in total. The molecule has 4 N–H and O–H groups in total. The number of carbonyl (C=O) groups is 2. The van der Waals surface area contributed by atoms with E-state index < -0.39 is 5.91 Å². The molecule has 2 heterocycles. The van der Waals surface area contributed by atoms with Gasteiger partial charge in [-0.15, -0.1) is 22.7 Å². The molecule has 0 aliphatic heterocycles. The average molecular weight is 371 g/mol. The highest BCUT2D eigenvalue weighted by atomic mass is 32.1. The van der Waals surface area contributed by atoms with Gasteiger partial charge in [0.1, 0.15) is 5.00 Å². The van der Waals surface area contributed by atoms with Crippen LogP contribution in [-0.4, -0.2) is 18.4 Å². The Labute approximate surface area is 153 Å². The lowest BCUT2D eigenvalue weighted by Gasteiger charge is -2.18. The molecule has 0 bridgehead atoms. The van der Waals surface area contributed by atoms with E-state index in [-0.39, 0.29) is 18.5 Å². The second-order valence-corrected chi connectivity index (χ2v) is 7.21. The maximum Gasteiger partial charge on any atom is 0.251 e. The fraction of sp³-hybridized carbons (Fsp3) is 0.111. The van der Waals surface area contributed by atoms with Gasteiger partial charge in [-0.25, -0.2) is 0 Å². The van der Waals surface area contributed by atoms with Gasteiger partial charge < -0.3 is 11.1 Å². The van der Waals surface area contributed by atoms with Gasteiger partial charge in [-0.1, -0.05) is 36.4 Å². The van der Waals surface area contributed by atoms with E-state index in [4.69, 9.17) is 5.73 Å². The summed E-state index contributed by atoms with van der Waals surface area (Å²) in [7, 11) is 0. The Morgan fingerprint density at radius 2 is 1.80 bits per heavy atom. The Balaban J connectivity index is 1.68. The van der Waals surface area contributed by atoms with E-state index in [1.807, 2.05) is 47.8 Å². The summed E-state index contributed by atoms with van der Waals surface area (Å²) in [6.07, 6.45) is 0. The van der Waals surface area contributed by atoms with Crippen molar-refractivity contribution in [2.75, 3.05) is 11.9 Å². The molecule has 3 aromatic rings. The van der Waals surface area contributed by atoms with Crippen LogP contribution >= 0.6 is 22.7 Å². The molecule has 0 saturated heterocycles. The van der Waals surface area contributed by atoms with Gasteiger partial charge in [-0.05, 0) is 28.5 Å². The van der Waals surface area contributed by atoms with Crippen LogP contribution in [0.4, 0.5) is 5.00 Å². The number of primary amides is 1. The highest BCUT2D eigenvalue weighted by Gasteiger charge is 2.17. The average Bonchev–Trinajstić information content (AvgIpc) is 3.28. The first-order valence-corrected chi connectivity index (χ1v) is 9.40. The summed E-state index contributed by atoms with van der Waals surface area (Å²) >= 11 is 2.91. The van der Waals surface area contributed by atoms with Crippen LogP contribution in [0.2, 0.25) is 0 Å². The molecule has 0 aliphatic rings. The van der Waals surface area contributed by atoms with Gasteiger partial charge in [-0.3, -0.25) is 14.9 Å². The number of rotatable bonds is 7. The zero-order valence-corrected chi connectivity index (χ0v) is 14.9. The minimum absolute atomic E-state index is 0.0640. The van der Waals surface area contributed by atoms with E-state index in [2.05, 4.69) is 10.6 Å². The van der Waals surface area contributed by atoms with Crippen LogP contribution in [0.25, 0.3) is 0 Å². The number of nitrogens with one attached hydrogen (secondary N) is 2. The van der Waals surface area contributed by atoms with Crippen molar-refractivity contribution in [1.82, 2.24) is 5.32 Å². The van der Waals surface area contributed by atoms with Crippen molar-refractivity contribution in [1.29, 1.82) is 0 Å². The van der Waals surface area contributed by atoms with E-state index in [1.165, 1.54) is 11.3 Å². The lowest BCUT2D eigenvalue weighted by molar-refractivity contribution is -0.115. The highest BCUT2D eigenvalue weighted by molar-refractivity contribution is 7.14. The Hall–Kier alpha value is -2.48. The van der Waals surface area contributed by atoms with E-state index >= 15 is 0 Å². The molecule has 2 amide bonds. The van der Waals surface area contributed by atoms with Gasteiger partial charge in [0.25, 0.3) is 5.91 Å². The van der Waals surface area contributed by atoms with Crippen molar-refractivity contribution in [3.8, 4) is 0 Å². The van der Waals surface area contributed by atoms with Crippen LogP contribution in [0.1, 0.15) is 26.8 Å². The van der Waals surface area contributed by atoms with Gasteiger partial charge in [0.2, 0.25) is 5.91 Å². The maximum atomic E-state index is 12.3. The second-order valence-electron chi connectivity index (χ2n) is 5.32. The van der Waals surface area contributed by atoms with Crippen molar-refractivity contribution < 1.29 is 9.59 Å². The Bertz CT molecular complexity index is 844. The van der Waals surface area contributed by atoms with Crippen molar-refractivity contribution in [3.05, 3.63) is 75.3 Å². The lowest BCUT2D eigenvalue weighted by atomic mass is 10.1. The maximum absolute atomic E-state index is 12.3. The summed E-state index contributed by atoms with van der Waals surface area (Å²) in [6, 6.07) is 15.5. The number of thiophene rings is 2. The van der Waals surface area contributed by atoms with Crippen LogP contribution in [0.15, 0.2) is 59.3 Å². The molecular weight excluding hydrogens is 354 g/mol. The summed E-state index contributed by atoms with van der Waals surface area (Å²) in [5, 5.41) is 10.2. The third-order valence-electron chi connectivity index (χ3n) is 3.61. The summed E-state index contributed by atoms with van der Waals surface area (Å²) in [6.45, 7) is 0.119. The normalized spacial score (nSPS) is 11.8. The minimum atomic E-state index is -0.551. The van der Waals surface area contributed by atoms with Crippen LogP contribution < -0.4 is 16.4 Å². The fourth-order valence-corrected chi connectivity index (χ4v) is 4.08. The van der Waals surface area contributed by atoms with Gasteiger partial charge >= 0.3 is 0 Å². The Morgan fingerprint density at radius 3 is 2.48 bits per heavy atom. The highest BCUT2D eigenvalue weighted by Crippen LogP contribution is 2.26. The number of hydrogen-bond acceptors (Lipinski definition) is 5. The second kappa shape index (κ2) is 8.06. The molecule has 1 atom stereocenters. The van der Waals surface area contributed by atoms with E-state index in [1.54, 1.807) is 22.8 Å². The molecule has 0 aliphatic carbocycles. The monoisotopic (exact) mass is 371 g/mol. The molecule has 1 aromatic carbocycles. The first-order chi connectivity index (χ1) is 12.1. The molecule has 7 heteroatoms. The minimum Gasteiger partial charge on any atom is -0.366 e. The molecule has 2 aromatic heterocycles. The standard InChI is InChI=1S/C18H17N3O2S2/c19-17(23)13-8-10-25-18(13)21-15(22)11-20-16(14-7-4-9-24-14)12-5-2-1-3-6-12/h1-10,16,20H,11H2,(H2,19,23)(H,21,22)/t16-/m0/s1. The van der Waals surface area contributed by atoms with Crippen molar-refractivity contribution in [2.24, 2.45) is 5.73 Å². The predicted molar refractivity (Wildman–Crippen MR) is 102 cm³/mol. The molecule has 0 radical (unpaired) electrons. The molecular formula is C18H17N3O2S2. The fourth-order valence-electron chi connectivity index (χ4n) is 2.45. The summed E-state index contributed by atoms with van der Waals surface area (Å²) < 4.78 is 0. The van der Waals surface area contributed by atoms with Crippen LogP contribution in [0, 0.1) is 0 Å². The molecule has 0 spiro atoms. The molecule has 128 valence electrons. The Morgan fingerprint density at radius 1 is 1.00 bits per heavy atom. The van der Waals surface area contributed by atoms with Crippen LogP contribution in [0.5, 0.6) is 0 Å². The largest absolute Gasteiger partial charge is 0.366 e. The Kier molecular flexibility index (Phi) is 5.60. The zero-order valence-electron chi connectivity index (χ0n) is 13.3. The van der Waals surface area contributed by atoms with Gasteiger partial charge in [0.15, 0.2) is 0 Å². The van der Waals surface area contributed by atoms with Gasteiger partial charge in [0.05, 0.1) is 18.2 Å². The third-order valence-corrected chi connectivity index (χ3v) is 5.38. The number of nitrogens with two attached hydrogens (primary N) is 1. The third kappa shape index (κ3) is 4.33. The summed E-state index contributed by atoms with van der Waals surface area (Å²) in [5.74, 6) is -0.771. The number of anilines is 1. The van der Waals surface area contributed by atoms with E-state index in [0.717, 1.165) is 10.4 Å². The van der Waals surface area contributed by atoms with Gasteiger partial charge in [-0.2, -0.15) is 0 Å². The van der Waals surface area contributed by atoms with E-state index in [0.29, 0.717) is 10.6 Å². The molecule has 25 heavy (non-hydrogen) atoms. The molecule has 0 fully saturated rings. The van der Waals surface area contributed by atoms with E-state index in [9.17, 15) is 9.59 Å². The number of benzene rings is 1. The smallest absolute Gasteiger partial charge is 0.251 e. The molecule has 3 rings (SSSR count). The number of hydrogen-bond donors (Lipinski definition) is 3. The first kappa shape index (κ1) is 17.3.